The minimum Gasteiger partial charge on any atom is -0.347 e. The molecule has 1 saturated carbocycles. The Hall–Kier alpha value is -3.16. The first kappa shape index (κ1) is 19.2. The minimum absolute atomic E-state index is 0.0808. The van der Waals surface area contributed by atoms with Crippen LogP contribution in [0.25, 0.3) is 10.9 Å². The zero-order chi connectivity index (χ0) is 20.9. The highest BCUT2D eigenvalue weighted by Crippen LogP contribution is 2.48. The predicted molar refractivity (Wildman–Crippen MR) is 101 cm³/mol. The van der Waals surface area contributed by atoms with E-state index in [1.54, 1.807) is 13.8 Å². The topological polar surface area (TPSA) is 74.8 Å². The lowest BCUT2D eigenvalue weighted by Crippen LogP contribution is -2.39. The number of nitrogens with zero attached hydrogens (tertiary/aromatic N) is 1. The van der Waals surface area contributed by atoms with E-state index in [-0.39, 0.29) is 16.5 Å². The number of aromatic amines is 1. The maximum atomic E-state index is 14.2. The zero-order valence-corrected chi connectivity index (χ0v) is 15.8. The molecule has 0 bridgehead atoms. The van der Waals surface area contributed by atoms with E-state index < -0.39 is 40.4 Å². The highest BCUT2D eigenvalue weighted by atomic mass is 19.2. The smallest absolute Gasteiger partial charge is 0.252 e. The molecule has 1 amide bonds. The molecular formula is C21H18F3N3O2. The van der Waals surface area contributed by atoms with Crippen molar-refractivity contribution in [2.24, 2.45) is 0 Å². The van der Waals surface area contributed by atoms with Crippen molar-refractivity contribution >= 4 is 16.8 Å². The van der Waals surface area contributed by atoms with Crippen LogP contribution in [-0.4, -0.2) is 15.9 Å². The van der Waals surface area contributed by atoms with Crippen LogP contribution in [0.2, 0.25) is 0 Å². The Morgan fingerprint density at radius 1 is 1.24 bits per heavy atom. The fourth-order valence-electron chi connectivity index (χ4n) is 3.72. The van der Waals surface area contributed by atoms with E-state index in [4.69, 9.17) is 0 Å². The molecule has 2 heterocycles. The van der Waals surface area contributed by atoms with Gasteiger partial charge in [0.05, 0.1) is 28.9 Å². The van der Waals surface area contributed by atoms with Crippen LogP contribution in [0, 0.1) is 24.4 Å². The van der Waals surface area contributed by atoms with Gasteiger partial charge in [-0.25, -0.2) is 13.2 Å². The van der Waals surface area contributed by atoms with Gasteiger partial charge in [-0.05, 0) is 56.5 Å². The maximum Gasteiger partial charge on any atom is 0.252 e. The summed E-state index contributed by atoms with van der Waals surface area (Å²) in [6.45, 7) is 3.40. The SMILES string of the molecule is Cc1cc(F)cnc1[C@H](C)NC(=O)C1(c2cc3c(F)c(F)ccc3[nH]c2=O)CC1. The van der Waals surface area contributed by atoms with Gasteiger partial charge in [0.2, 0.25) is 5.91 Å². The third-order valence-corrected chi connectivity index (χ3v) is 5.46. The van der Waals surface area contributed by atoms with Crippen molar-refractivity contribution in [3.05, 3.63) is 75.1 Å². The molecule has 150 valence electrons. The molecule has 0 aliphatic heterocycles. The Morgan fingerprint density at radius 3 is 2.62 bits per heavy atom. The molecule has 0 radical (unpaired) electrons. The Morgan fingerprint density at radius 2 is 1.97 bits per heavy atom. The van der Waals surface area contributed by atoms with Gasteiger partial charge < -0.3 is 10.3 Å². The summed E-state index contributed by atoms with van der Waals surface area (Å²) in [7, 11) is 0. The Bertz CT molecular complexity index is 1200. The van der Waals surface area contributed by atoms with E-state index in [0.29, 0.717) is 24.1 Å². The molecule has 3 aromatic rings. The molecule has 1 atom stereocenters. The molecule has 8 heteroatoms. The van der Waals surface area contributed by atoms with Crippen molar-refractivity contribution < 1.29 is 18.0 Å². The largest absolute Gasteiger partial charge is 0.347 e. The van der Waals surface area contributed by atoms with Crippen molar-refractivity contribution in [2.75, 3.05) is 0 Å². The Labute approximate surface area is 164 Å². The van der Waals surface area contributed by atoms with Crippen LogP contribution in [0.4, 0.5) is 13.2 Å². The number of carbonyl (C=O) groups is 1. The molecule has 1 fully saturated rings. The van der Waals surface area contributed by atoms with Crippen LogP contribution in [-0.2, 0) is 10.2 Å². The first-order chi connectivity index (χ1) is 13.7. The normalized spacial score (nSPS) is 15.9. The summed E-state index contributed by atoms with van der Waals surface area (Å²) in [5.41, 5.74) is -0.265. The molecule has 2 aromatic heterocycles. The summed E-state index contributed by atoms with van der Waals surface area (Å²) < 4.78 is 41.1. The van der Waals surface area contributed by atoms with Crippen molar-refractivity contribution in [2.45, 2.75) is 38.1 Å². The molecule has 29 heavy (non-hydrogen) atoms. The van der Waals surface area contributed by atoms with E-state index in [2.05, 4.69) is 15.3 Å². The molecule has 1 aliphatic rings. The lowest BCUT2D eigenvalue weighted by Gasteiger charge is -2.20. The summed E-state index contributed by atoms with van der Waals surface area (Å²) >= 11 is 0. The molecule has 4 rings (SSSR count). The predicted octanol–water partition coefficient (Wildman–Crippen LogP) is 3.56. The molecule has 1 aromatic carbocycles. The van der Waals surface area contributed by atoms with Gasteiger partial charge in [0.15, 0.2) is 11.6 Å². The maximum absolute atomic E-state index is 14.2. The van der Waals surface area contributed by atoms with Gasteiger partial charge in [-0.2, -0.15) is 0 Å². The third-order valence-electron chi connectivity index (χ3n) is 5.46. The number of halogens is 3. The second-order valence-electron chi connectivity index (χ2n) is 7.47. The number of hydrogen-bond donors (Lipinski definition) is 2. The Balaban J connectivity index is 1.68. The highest BCUT2D eigenvalue weighted by Gasteiger charge is 2.53. The number of hydrogen-bond acceptors (Lipinski definition) is 3. The molecule has 0 saturated heterocycles. The number of pyridine rings is 2. The van der Waals surface area contributed by atoms with Gasteiger partial charge in [0.1, 0.15) is 5.82 Å². The van der Waals surface area contributed by atoms with Gasteiger partial charge in [0, 0.05) is 10.9 Å². The first-order valence-corrected chi connectivity index (χ1v) is 9.17. The fourth-order valence-corrected chi connectivity index (χ4v) is 3.72. The average molecular weight is 401 g/mol. The summed E-state index contributed by atoms with van der Waals surface area (Å²) in [4.78, 5) is 32.1. The van der Waals surface area contributed by atoms with E-state index in [9.17, 15) is 22.8 Å². The number of nitrogens with one attached hydrogen (secondary N) is 2. The van der Waals surface area contributed by atoms with Gasteiger partial charge >= 0.3 is 0 Å². The van der Waals surface area contributed by atoms with Gasteiger partial charge in [-0.15, -0.1) is 0 Å². The van der Waals surface area contributed by atoms with E-state index in [1.807, 2.05) is 0 Å². The number of benzene rings is 1. The first-order valence-electron chi connectivity index (χ1n) is 9.17. The van der Waals surface area contributed by atoms with E-state index >= 15 is 0 Å². The second-order valence-corrected chi connectivity index (χ2v) is 7.47. The molecule has 0 spiro atoms. The van der Waals surface area contributed by atoms with Gasteiger partial charge in [-0.3, -0.25) is 14.6 Å². The zero-order valence-electron chi connectivity index (χ0n) is 15.8. The molecule has 2 N–H and O–H groups in total. The number of aryl methyl sites for hydroxylation is 1. The number of aromatic nitrogens is 2. The fraction of sp³-hybridized carbons (Fsp3) is 0.286. The van der Waals surface area contributed by atoms with E-state index in [1.165, 1.54) is 18.2 Å². The van der Waals surface area contributed by atoms with Crippen molar-refractivity contribution in [1.29, 1.82) is 0 Å². The monoisotopic (exact) mass is 401 g/mol. The molecule has 1 aliphatic carbocycles. The molecular weight excluding hydrogens is 383 g/mol. The summed E-state index contributed by atoms with van der Waals surface area (Å²) in [6.07, 6.45) is 1.89. The number of rotatable bonds is 4. The van der Waals surface area contributed by atoms with Crippen LogP contribution >= 0.6 is 0 Å². The summed E-state index contributed by atoms with van der Waals surface area (Å²) in [5, 5.41) is 2.73. The van der Waals surface area contributed by atoms with Crippen molar-refractivity contribution in [1.82, 2.24) is 15.3 Å². The summed E-state index contributed by atoms with van der Waals surface area (Å²) in [6, 6.07) is 4.28. The average Bonchev–Trinajstić information content (AvgIpc) is 3.46. The van der Waals surface area contributed by atoms with Crippen LogP contribution in [0.15, 0.2) is 35.3 Å². The lowest BCUT2D eigenvalue weighted by molar-refractivity contribution is -0.124. The van der Waals surface area contributed by atoms with Gasteiger partial charge in [-0.1, -0.05) is 0 Å². The number of fused-ring (bicyclic) bond motifs is 1. The van der Waals surface area contributed by atoms with Crippen LogP contribution < -0.4 is 10.9 Å². The van der Waals surface area contributed by atoms with Crippen molar-refractivity contribution in [3.63, 3.8) is 0 Å². The minimum atomic E-state index is -1.11. The highest BCUT2D eigenvalue weighted by molar-refractivity contribution is 5.93. The van der Waals surface area contributed by atoms with Gasteiger partial charge in [0.25, 0.3) is 5.56 Å². The number of amides is 1. The van der Waals surface area contributed by atoms with Crippen LogP contribution in [0.3, 0.4) is 0 Å². The standard InChI is InChI=1S/C21H18F3N3O2/c1-10-7-12(22)9-25-18(10)11(2)26-20(29)21(5-6-21)14-8-13-16(27-19(14)28)4-3-15(23)17(13)24/h3-4,7-9,11H,5-6H2,1-2H3,(H,26,29)(H,27,28)/t11-/m0/s1. The van der Waals surface area contributed by atoms with Crippen LogP contribution in [0.1, 0.15) is 42.6 Å². The number of H-pyrrole nitrogens is 1. The van der Waals surface area contributed by atoms with Crippen molar-refractivity contribution in [3.8, 4) is 0 Å². The third kappa shape index (κ3) is 3.18. The number of carbonyl (C=O) groups excluding carboxylic acids is 1. The second kappa shape index (κ2) is 6.72. The Kier molecular flexibility index (Phi) is 4.44. The van der Waals surface area contributed by atoms with Crippen LogP contribution in [0.5, 0.6) is 0 Å². The summed E-state index contributed by atoms with van der Waals surface area (Å²) in [5.74, 6) is -2.98. The molecule has 5 nitrogen and oxygen atoms in total. The quantitative estimate of drug-likeness (QED) is 0.702. The van der Waals surface area contributed by atoms with E-state index in [0.717, 1.165) is 12.3 Å². The lowest BCUT2D eigenvalue weighted by atomic mass is 9.94. The molecule has 0 unspecified atom stereocenters.